The third-order valence-electron chi connectivity index (χ3n) is 2.80. The molecular formula is C12H9NO3S. The van der Waals surface area contributed by atoms with Gasteiger partial charge in [0, 0.05) is 16.9 Å². The molecule has 17 heavy (non-hydrogen) atoms. The summed E-state index contributed by atoms with van der Waals surface area (Å²) < 4.78 is 5.17. The molecule has 0 unspecified atom stereocenters. The first-order chi connectivity index (χ1) is 8.19. The van der Waals surface area contributed by atoms with Gasteiger partial charge in [-0.25, -0.2) is 9.78 Å². The number of carboxylic acids is 1. The SMILES string of the molecule is COc1ccc2c(c1)-c1nc(C(=O)O)sc1C2. The van der Waals surface area contributed by atoms with Crippen LogP contribution in [0.3, 0.4) is 0 Å². The zero-order valence-electron chi connectivity index (χ0n) is 9.06. The minimum atomic E-state index is -0.964. The van der Waals surface area contributed by atoms with Crippen molar-refractivity contribution in [2.75, 3.05) is 7.11 Å². The molecule has 0 spiro atoms. The van der Waals surface area contributed by atoms with Crippen molar-refractivity contribution in [1.29, 1.82) is 0 Å². The van der Waals surface area contributed by atoms with Gasteiger partial charge < -0.3 is 9.84 Å². The molecule has 0 aliphatic heterocycles. The van der Waals surface area contributed by atoms with Crippen LogP contribution in [0.2, 0.25) is 0 Å². The molecule has 5 heteroatoms. The average Bonchev–Trinajstić information content (AvgIpc) is 2.85. The number of nitrogens with zero attached hydrogens (tertiary/aromatic N) is 1. The minimum absolute atomic E-state index is 0.156. The van der Waals surface area contributed by atoms with Crippen LogP contribution >= 0.6 is 11.3 Å². The number of thiazole rings is 1. The number of hydrogen-bond donors (Lipinski definition) is 1. The molecule has 0 radical (unpaired) electrons. The van der Waals surface area contributed by atoms with E-state index in [2.05, 4.69) is 4.98 Å². The highest BCUT2D eigenvalue weighted by atomic mass is 32.1. The highest BCUT2D eigenvalue weighted by Crippen LogP contribution is 2.40. The molecule has 0 saturated carbocycles. The Hall–Kier alpha value is -1.88. The van der Waals surface area contributed by atoms with Gasteiger partial charge in [-0.2, -0.15) is 0 Å². The number of hydrogen-bond acceptors (Lipinski definition) is 4. The largest absolute Gasteiger partial charge is 0.497 e. The fourth-order valence-electron chi connectivity index (χ4n) is 2.00. The summed E-state index contributed by atoms with van der Waals surface area (Å²) in [5.74, 6) is -0.199. The van der Waals surface area contributed by atoms with Crippen molar-refractivity contribution in [2.45, 2.75) is 6.42 Å². The molecule has 1 aromatic carbocycles. The van der Waals surface area contributed by atoms with Crippen LogP contribution in [0, 0.1) is 0 Å². The Morgan fingerprint density at radius 3 is 3.06 bits per heavy atom. The van der Waals surface area contributed by atoms with E-state index in [0.717, 1.165) is 28.3 Å². The maximum absolute atomic E-state index is 10.9. The number of carbonyl (C=O) groups is 1. The summed E-state index contributed by atoms with van der Waals surface area (Å²) in [7, 11) is 1.61. The van der Waals surface area contributed by atoms with Gasteiger partial charge in [0.05, 0.1) is 12.8 Å². The van der Waals surface area contributed by atoms with Gasteiger partial charge in [0.15, 0.2) is 0 Å². The Bertz CT molecular complexity index is 618. The van der Waals surface area contributed by atoms with Crippen molar-refractivity contribution >= 4 is 17.3 Å². The van der Waals surface area contributed by atoms with E-state index in [-0.39, 0.29) is 5.01 Å². The van der Waals surface area contributed by atoms with Crippen molar-refractivity contribution < 1.29 is 14.6 Å². The number of fused-ring (bicyclic) bond motifs is 3. The molecule has 2 aromatic rings. The van der Waals surface area contributed by atoms with E-state index in [1.54, 1.807) is 7.11 Å². The summed E-state index contributed by atoms with van der Waals surface area (Å²) in [4.78, 5) is 16.1. The first-order valence-corrected chi connectivity index (χ1v) is 5.91. The predicted octanol–water partition coefficient (Wildman–Crippen LogP) is 2.42. The third-order valence-corrected chi connectivity index (χ3v) is 3.85. The fourth-order valence-corrected chi connectivity index (χ4v) is 2.94. The zero-order valence-corrected chi connectivity index (χ0v) is 9.87. The number of rotatable bonds is 2. The lowest BCUT2D eigenvalue weighted by Crippen LogP contribution is -1.94. The van der Waals surface area contributed by atoms with E-state index in [9.17, 15) is 4.79 Å². The molecule has 3 rings (SSSR count). The van der Waals surface area contributed by atoms with Crippen LogP contribution in [0.5, 0.6) is 5.75 Å². The molecule has 1 aliphatic rings. The van der Waals surface area contributed by atoms with E-state index >= 15 is 0 Å². The summed E-state index contributed by atoms with van der Waals surface area (Å²) in [6.45, 7) is 0. The standard InChI is InChI=1S/C12H9NO3S/c1-16-7-3-2-6-4-9-10(8(6)5-7)13-11(17-9)12(14)15/h2-3,5H,4H2,1H3,(H,14,15). The monoisotopic (exact) mass is 247 g/mol. The summed E-state index contributed by atoms with van der Waals surface area (Å²) >= 11 is 1.25. The molecule has 4 nitrogen and oxygen atoms in total. The fraction of sp³-hybridized carbons (Fsp3) is 0.167. The van der Waals surface area contributed by atoms with Crippen LogP contribution in [-0.2, 0) is 6.42 Å². The van der Waals surface area contributed by atoms with Crippen molar-refractivity contribution in [3.63, 3.8) is 0 Å². The van der Waals surface area contributed by atoms with Gasteiger partial charge in [0.1, 0.15) is 5.75 Å². The molecule has 1 aliphatic carbocycles. The second-order valence-corrected chi connectivity index (χ2v) is 4.88. The Morgan fingerprint density at radius 2 is 2.35 bits per heavy atom. The lowest BCUT2D eigenvalue weighted by molar-refractivity contribution is 0.0696. The Labute approximate surface area is 102 Å². The summed E-state index contributed by atoms with van der Waals surface area (Å²) in [6.07, 6.45) is 0.763. The van der Waals surface area contributed by atoms with Crippen molar-refractivity contribution in [3.05, 3.63) is 33.6 Å². The van der Waals surface area contributed by atoms with Gasteiger partial charge in [-0.3, -0.25) is 0 Å². The van der Waals surface area contributed by atoms with Gasteiger partial charge in [0.25, 0.3) is 0 Å². The average molecular weight is 247 g/mol. The van der Waals surface area contributed by atoms with Crippen LogP contribution in [0.4, 0.5) is 0 Å². The van der Waals surface area contributed by atoms with Crippen LogP contribution in [0.25, 0.3) is 11.3 Å². The van der Waals surface area contributed by atoms with Gasteiger partial charge in [-0.05, 0) is 17.7 Å². The number of aromatic carboxylic acids is 1. The summed E-state index contributed by atoms with van der Waals surface area (Å²) in [6, 6.07) is 5.82. The normalized spacial score (nSPS) is 12.1. The van der Waals surface area contributed by atoms with E-state index in [1.807, 2.05) is 18.2 Å². The highest BCUT2D eigenvalue weighted by Gasteiger charge is 2.25. The van der Waals surface area contributed by atoms with Crippen LogP contribution in [0.1, 0.15) is 20.2 Å². The third kappa shape index (κ3) is 1.51. The smallest absolute Gasteiger partial charge is 0.365 e. The minimum Gasteiger partial charge on any atom is -0.497 e. The predicted molar refractivity (Wildman–Crippen MR) is 63.9 cm³/mol. The molecule has 1 N–H and O–H groups in total. The zero-order chi connectivity index (χ0) is 12.0. The Kier molecular flexibility index (Phi) is 2.16. The molecule has 0 bridgehead atoms. The highest BCUT2D eigenvalue weighted by molar-refractivity contribution is 7.14. The first kappa shape index (κ1) is 10.3. The van der Waals surface area contributed by atoms with Gasteiger partial charge in [-0.1, -0.05) is 6.07 Å². The van der Waals surface area contributed by atoms with Crippen LogP contribution in [-0.4, -0.2) is 23.2 Å². The molecule has 1 heterocycles. The first-order valence-electron chi connectivity index (χ1n) is 5.09. The maximum atomic E-state index is 10.9. The number of benzene rings is 1. The Balaban J connectivity index is 2.14. The summed E-state index contributed by atoms with van der Waals surface area (Å²) in [5.41, 5.74) is 2.96. The Morgan fingerprint density at radius 1 is 1.53 bits per heavy atom. The molecule has 1 aromatic heterocycles. The van der Waals surface area contributed by atoms with E-state index < -0.39 is 5.97 Å². The molecule has 0 amide bonds. The van der Waals surface area contributed by atoms with Crippen LogP contribution in [0.15, 0.2) is 18.2 Å². The second kappa shape index (κ2) is 3.56. The number of carboxylic acid groups (broad SMARTS) is 1. The molecule has 0 saturated heterocycles. The molecular weight excluding hydrogens is 238 g/mol. The van der Waals surface area contributed by atoms with E-state index in [4.69, 9.17) is 9.84 Å². The van der Waals surface area contributed by atoms with Crippen molar-refractivity contribution in [1.82, 2.24) is 4.98 Å². The molecule has 0 fully saturated rings. The quantitative estimate of drug-likeness (QED) is 0.755. The number of methoxy groups -OCH3 is 1. The topological polar surface area (TPSA) is 59.4 Å². The van der Waals surface area contributed by atoms with E-state index in [1.165, 1.54) is 16.9 Å². The van der Waals surface area contributed by atoms with Crippen LogP contribution < -0.4 is 4.74 Å². The number of aromatic nitrogens is 1. The molecule has 86 valence electrons. The van der Waals surface area contributed by atoms with Gasteiger partial charge >= 0.3 is 5.97 Å². The van der Waals surface area contributed by atoms with Gasteiger partial charge in [0.2, 0.25) is 5.01 Å². The lowest BCUT2D eigenvalue weighted by Gasteiger charge is -2.03. The molecule has 0 atom stereocenters. The van der Waals surface area contributed by atoms with E-state index in [0.29, 0.717) is 0 Å². The maximum Gasteiger partial charge on any atom is 0.365 e. The second-order valence-electron chi connectivity index (χ2n) is 3.80. The van der Waals surface area contributed by atoms with Crippen molar-refractivity contribution in [2.24, 2.45) is 0 Å². The van der Waals surface area contributed by atoms with Gasteiger partial charge in [-0.15, -0.1) is 11.3 Å². The number of ether oxygens (including phenoxy) is 1. The van der Waals surface area contributed by atoms with Crippen molar-refractivity contribution in [3.8, 4) is 17.0 Å². The summed E-state index contributed by atoms with van der Waals surface area (Å²) in [5, 5.41) is 9.07. The lowest BCUT2D eigenvalue weighted by atomic mass is 10.1.